The van der Waals surface area contributed by atoms with E-state index in [1.54, 1.807) is 25.1 Å². The summed E-state index contributed by atoms with van der Waals surface area (Å²) < 4.78 is 8.59. The molecule has 140 valence electrons. The van der Waals surface area contributed by atoms with Crippen molar-refractivity contribution in [3.8, 4) is 5.75 Å². The van der Waals surface area contributed by atoms with Crippen molar-refractivity contribution in [3.05, 3.63) is 82.6 Å². The SMILES string of the molecule is C[C@H](Oc1ccc(Br)cc1)C(=O)N(C)Cc1cnn(Cc2ccccc2)c1. The van der Waals surface area contributed by atoms with E-state index in [9.17, 15) is 4.79 Å². The Balaban J connectivity index is 1.55. The summed E-state index contributed by atoms with van der Waals surface area (Å²) in [7, 11) is 1.78. The topological polar surface area (TPSA) is 47.4 Å². The third-order valence-corrected chi connectivity index (χ3v) is 4.67. The molecule has 0 fully saturated rings. The minimum absolute atomic E-state index is 0.0753. The lowest BCUT2D eigenvalue weighted by Gasteiger charge is -2.21. The largest absolute Gasteiger partial charge is 0.481 e. The number of amides is 1. The van der Waals surface area contributed by atoms with Gasteiger partial charge in [-0.3, -0.25) is 9.48 Å². The second-order valence-corrected chi connectivity index (χ2v) is 7.36. The van der Waals surface area contributed by atoms with Crippen molar-refractivity contribution in [2.45, 2.75) is 26.1 Å². The minimum Gasteiger partial charge on any atom is -0.481 e. The molecule has 1 heterocycles. The quantitative estimate of drug-likeness (QED) is 0.569. The van der Waals surface area contributed by atoms with Gasteiger partial charge in [0.2, 0.25) is 0 Å². The first-order valence-corrected chi connectivity index (χ1v) is 9.53. The normalized spacial score (nSPS) is 11.8. The zero-order chi connectivity index (χ0) is 19.2. The van der Waals surface area contributed by atoms with Crippen molar-refractivity contribution in [1.82, 2.24) is 14.7 Å². The molecule has 0 unspecified atom stereocenters. The minimum atomic E-state index is -0.560. The van der Waals surface area contributed by atoms with Crippen LogP contribution >= 0.6 is 15.9 Å². The van der Waals surface area contributed by atoms with Crippen LogP contribution in [0.4, 0.5) is 0 Å². The van der Waals surface area contributed by atoms with Crippen molar-refractivity contribution in [2.75, 3.05) is 7.05 Å². The molecule has 1 amide bonds. The fourth-order valence-electron chi connectivity index (χ4n) is 2.77. The highest BCUT2D eigenvalue weighted by Crippen LogP contribution is 2.18. The molecule has 5 nitrogen and oxygen atoms in total. The maximum Gasteiger partial charge on any atom is 0.263 e. The van der Waals surface area contributed by atoms with Crippen LogP contribution in [0.2, 0.25) is 0 Å². The summed E-state index contributed by atoms with van der Waals surface area (Å²) in [6.07, 6.45) is 3.21. The van der Waals surface area contributed by atoms with E-state index < -0.39 is 6.10 Å². The van der Waals surface area contributed by atoms with E-state index in [0.29, 0.717) is 18.8 Å². The van der Waals surface area contributed by atoms with Gasteiger partial charge in [-0.05, 0) is 36.8 Å². The van der Waals surface area contributed by atoms with Crippen molar-refractivity contribution < 1.29 is 9.53 Å². The first kappa shape index (κ1) is 19.2. The zero-order valence-corrected chi connectivity index (χ0v) is 17.0. The summed E-state index contributed by atoms with van der Waals surface area (Å²) in [5, 5.41) is 4.39. The van der Waals surface area contributed by atoms with Gasteiger partial charge in [-0.15, -0.1) is 0 Å². The smallest absolute Gasteiger partial charge is 0.263 e. The molecule has 0 radical (unpaired) electrons. The number of benzene rings is 2. The molecule has 2 aromatic carbocycles. The monoisotopic (exact) mass is 427 g/mol. The van der Waals surface area contributed by atoms with Gasteiger partial charge < -0.3 is 9.64 Å². The second kappa shape index (κ2) is 8.86. The third-order valence-electron chi connectivity index (χ3n) is 4.14. The van der Waals surface area contributed by atoms with E-state index in [-0.39, 0.29) is 5.91 Å². The summed E-state index contributed by atoms with van der Waals surface area (Å²) in [5.41, 5.74) is 2.17. The number of hydrogen-bond donors (Lipinski definition) is 0. The van der Waals surface area contributed by atoms with Gasteiger partial charge in [-0.25, -0.2) is 0 Å². The molecule has 0 saturated heterocycles. The van der Waals surface area contributed by atoms with E-state index in [1.807, 2.05) is 53.3 Å². The lowest BCUT2D eigenvalue weighted by molar-refractivity contribution is -0.137. The molecule has 0 bridgehead atoms. The molecule has 0 N–H and O–H groups in total. The number of carbonyl (C=O) groups is 1. The Bertz CT molecular complexity index is 878. The van der Waals surface area contributed by atoms with Gasteiger partial charge in [0.15, 0.2) is 6.10 Å². The summed E-state index contributed by atoms with van der Waals surface area (Å²) >= 11 is 3.38. The molecule has 0 spiro atoms. The van der Waals surface area contributed by atoms with Gasteiger partial charge in [-0.2, -0.15) is 5.10 Å². The van der Waals surface area contributed by atoms with Gasteiger partial charge in [0, 0.05) is 29.8 Å². The molecule has 6 heteroatoms. The Morgan fingerprint density at radius 1 is 1.15 bits per heavy atom. The third kappa shape index (κ3) is 5.44. The Kier molecular flexibility index (Phi) is 6.29. The maximum atomic E-state index is 12.6. The molecule has 0 aliphatic heterocycles. The van der Waals surface area contributed by atoms with Crippen molar-refractivity contribution in [2.24, 2.45) is 0 Å². The lowest BCUT2D eigenvalue weighted by Crippen LogP contribution is -2.37. The van der Waals surface area contributed by atoms with E-state index in [4.69, 9.17) is 4.74 Å². The van der Waals surface area contributed by atoms with Gasteiger partial charge in [-0.1, -0.05) is 46.3 Å². The van der Waals surface area contributed by atoms with E-state index >= 15 is 0 Å². The molecular weight excluding hydrogens is 406 g/mol. The van der Waals surface area contributed by atoms with Crippen LogP contribution in [-0.2, 0) is 17.9 Å². The first-order chi connectivity index (χ1) is 13.0. The number of aromatic nitrogens is 2. The predicted octanol–water partition coefficient (Wildman–Crippen LogP) is 4.12. The molecule has 27 heavy (non-hydrogen) atoms. The number of hydrogen-bond acceptors (Lipinski definition) is 3. The number of nitrogens with zero attached hydrogens (tertiary/aromatic N) is 3. The summed E-state index contributed by atoms with van der Waals surface area (Å²) in [5.74, 6) is 0.594. The molecule has 1 aromatic heterocycles. The zero-order valence-electron chi connectivity index (χ0n) is 15.4. The number of ether oxygens (including phenoxy) is 1. The number of rotatable bonds is 7. The average molecular weight is 428 g/mol. The van der Waals surface area contributed by atoms with E-state index in [1.165, 1.54) is 5.56 Å². The molecule has 1 atom stereocenters. The Morgan fingerprint density at radius 2 is 1.85 bits per heavy atom. The van der Waals surface area contributed by atoms with Crippen LogP contribution in [0.25, 0.3) is 0 Å². The highest BCUT2D eigenvalue weighted by atomic mass is 79.9. The Hall–Kier alpha value is -2.60. The van der Waals surface area contributed by atoms with Gasteiger partial charge in [0.1, 0.15) is 5.75 Å². The fourth-order valence-corrected chi connectivity index (χ4v) is 3.04. The highest BCUT2D eigenvalue weighted by molar-refractivity contribution is 9.10. The van der Waals surface area contributed by atoms with Crippen LogP contribution in [0.15, 0.2) is 71.5 Å². The van der Waals surface area contributed by atoms with Gasteiger partial charge in [0.25, 0.3) is 5.91 Å². The van der Waals surface area contributed by atoms with Crippen molar-refractivity contribution >= 4 is 21.8 Å². The molecule has 3 aromatic rings. The van der Waals surface area contributed by atoms with Crippen molar-refractivity contribution in [3.63, 3.8) is 0 Å². The summed E-state index contributed by atoms with van der Waals surface area (Å²) in [6, 6.07) is 17.6. The van der Waals surface area contributed by atoms with Crippen molar-refractivity contribution in [1.29, 1.82) is 0 Å². The molecular formula is C21H22BrN3O2. The van der Waals surface area contributed by atoms with E-state index in [2.05, 4.69) is 33.2 Å². The standard InChI is InChI=1S/C21H22BrN3O2/c1-16(27-20-10-8-19(22)9-11-20)21(26)24(2)13-18-12-23-25(15-18)14-17-6-4-3-5-7-17/h3-12,15-16H,13-14H2,1-2H3/t16-/m0/s1. The van der Waals surface area contributed by atoms with Crippen LogP contribution in [0.3, 0.4) is 0 Å². The highest BCUT2D eigenvalue weighted by Gasteiger charge is 2.19. The summed E-state index contributed by atoms with van der Waals surface area (Å²) in [6.45, 7) is 2.96. The fraction of sp³-hybridized carbons (Fsp3) is 0.238. The molecule has 0 aliphatic carbocycles. The Morgan fingerprint density at radius 3 is 2.56 bits per heavy atom. The van der Waals surface area contributed by atoms with Crippen LogP contribution in [0, 0.1) is 0 Å². The van der Waals surface area contributed by atoms with Crippen LogP contribution in [0.5, 0.6) is 5.75 Å². The predicted molar refractivity (Wildman–Crippen MR) is 108 cm³/mol. The molecule has 0 aliphatic rings. The number of halogens is 1. The van der Waals surface area contributed by atoms with Crippen LogP contribution < -0.4 is 4.74 Å². The summed E-state index contributed by atoms with van der Waals surface area (Å²) in [4.78, 5) is 14.2. The number of carbonyl (C=O) groups excluding carboxylic acids is 1. The Labute approximate surface area is 167 Å². The molecule has 3 rings (SSSR count). The van der Waals surface area contributed by atoms with Crippen LogP contribution in [0.1, 0.15) is 18.1 Å². The maximum absolute atomic E-state index is 12.6. The van der Waals surface area contributed by atoms with E-state index in [0.717, 1.165) is 10.0 Å². The van der Waals surface area contributed by atoms with Gasteiger partial charge in [0.05, 0.1) is 12.7 Å². The lowest BCUT2D eigenvalue weighted by atomic mass is 10.2. The average Bonchev–Trinajstić information content (AvgIpc) is 3.10. The first-order valence-electron chi connectivity index (χ1n) is 8.74. The molecule has 0 saturated carbocycles. The second-order valence-electron chi connectivity index (χ2n) is 6.44. The van der Waals surface area contributed by atoms with Gasteiger partial charge >= 0.3 is 0 Å². The van der Waals surface area contributed by atoms with Crippen LogP contribution in [-0.4, -0.2) is 33.7 Å². The number of likely N-dealkylation sites (N-methyl/N-ethyl adjacent to an activating group) is 1.